The van der Waals surface area contributed by atoms with Crippen LogP contribution in [0.25, 0.3) is 118 Å². The van der Waals surface area contributed by atoms with E-state index in [9.17, 15) is 10.5 Å². The van der Waals surface area contributed by atoms with E-state index in [0.717, 1.165) is 100 Å². The molecule has 3 aromatic heterocycles. The smallest absolute Gasteiger partial charge is 0.160 e. The predicted molar refractivity (Wildman–Crippen MR) is 285 cm³/mol. The van der Waals surface area contributed by atoms with E-state index in [-0.39, 0.29) is 0 Å². The summed E-state index contributed by atoms with van der Waals surface area (Å²) >= 11 is 0. The molecule has 330 valence electrons. The van der Waals surface area contributed by atoms with Crippen molar-refractivity contribution in [1.82, 2.24) is 24.5 Å². The lowest BCUT2D eigenvalue weighted by Gasteiger charge is -2.18. The summed E-state index contributed by atoms with van der Waals surface area (Å²) in [5.74, 6) is 1.16. The number of aromatic nitrogens is 5. The molecule has 12 aromatic rings. The van der Waals surface area contributed by atoms with Crippen molar-refractivity contribution >= 4 is 21.8 Å². The Bertz CT molecular complexity index is 3830. The molecule has 0 amide bonds. The Labute approximate surface area is 410 Å². The molecule has 7 heteroatoms. The molecule has 3 heterocycles. The van der Waals surface area contributed by atoms with Gasteiger partial charge in [0, 0.05) is 44.2 Å². The van der Waals surface area contributed by atoms with E-state index in [1.54, 1.807) is 0 Å². The fraction of sp³-hybridized carbons (Fsp3) is 0. The highest BCUT2D eigenvalue weighted by Gasteiger charge is 2.22. The second-order valence-corrected chi connectivity index (χ2v) is 17.3. The Morgan fingerprint density at radius 3 is 1.14 bits per heavy atom. The summed E-state index contributed by atoms with van der Waals surface area (Å²) in [7, 11) is 0. The Balaban J connectivity index is 1.18. The van der Waals surface area contributed by atoms with Gasteiger partial charge in [-0.15, -0.1) is 0 Å². The summed E-state index contributed by atoms with van der Waals surface area (Å²) in [6.07, 6.45) is 0. The lowest BCUT2D eigenvalue weighted by atomic mass is 10.0. The van der Waals surface area contributed by atoms with Gasteiger partial charge in [0.2, 0.25) is 0 Å². The molecule has 9 aromatic carbocycles. The van der Waals surface area contributed by atoms with Gasteiger partial charge in [-0.3, -0.25) is 0 Å². The molecule has 0 saturated carbocycles. The summed E-state index contributed by atoms with van der Waals surface area (Å²) in [5.41, 5.74) is 16.4. The summed E-state index contributed by atoms with van der Waals surface area (Å²) < 4.78 is 2.32. The lowest BCUT2D eigenvalue weighted by molar-refractivity contribution is 1.14. The molecule has 7 nitrogen and oxygen atoms in total. The molecule has 0 radical (unpaired) electrons. The fourth-order valence-corrected chi connectivity index (χ4v) is 9.40. The zero-order valence-corrected chi connectivity index (χ0v) is 38.1. The number of nitrogens with zero attached hydrogens (tertiary/aromatic N) is 7. The number of hydrogen-bond donors (Lipinski definition) is 0. The molecule has 0 fully saturated rings. The monoisotopic (exact) mass is 905 g/mol. The van der Waals surface area contributed by atoms with Crippen LogP contribution in [0.2, 0.25) is 0 Å². The van der Waals surface area contributed by atoms with Crippen LogP contribution in [0.4, 0.5) is 0 Å². The Kier molecular flexibility index (Phi) is 10.8. The van der Waals surface area contributed by atoms with E-state index in [0.29, 0.717) is 28.5 Å². The molecule has 71 heavy (non-hydrogen) atoms. The van der Waals surface area contributed by atoms with Crippen molar-refractivity contribution in [1.29, 1.82) is 10.5 Å². The molecule has 0 bridgehead atoms. The molecule has 12 rings (SSSR count). The van der Waals surface area contributed by atoms with Crippen molar-refractivity contribution in [3.8, 4) is 108 Å². The molecule has 0 N–H and O–H groups in total. The van der Waals surface area contributed by atoms with E-state index in [1.807, 2.05) is 133 Å². The third kappa shape index (κ3) is 8.16. The van der Waals surface area contributed by atoms with Crippen molar-refractivity contribution < 1.29 is 0 Å². The summed E-state index contributed by atoms with van der Waals surface area (Å²) in [4.78, 5) is 21.2. The van der Waals surface area contributed by atoms with Crippen LogP contribution in [-0.4, -0.2) is 24.5 Å². The second kappa shape index (κ2) is 18.2. The van der Waals surface area contributed by atoms with Gasteiger partial charge in [-0.1, -0.05) is 170 Å². The SMILES string of the molecule is N#Cc1cccc(-c2ccc3c4ccc(-c5cccc(C#N)c5)cc4n(-c4ccc(-c5nc(-c6ccccc6)cc(-c6ccccc6)n5)cc4-c4cc(-c5ccccc5)nc(-c5ccccc5)n4)c3c2)c1. The van der Waals surface area contributed by atoms with Crippen molar-refractivity contribution in [3.05, 3.63) is 248 Å². The van der Waals surface area contributed by atoms with E-state index < -0.39 is 0 Å². The van der Waals surface area contributed by atoms with Crippen LogP contribution >= 0.6 is 0 Å². The van der Waals surface area contributed by atoms with Gasteiger partial charge < -0.3 is 4.57 Å². The molecule has 0 saturated heterocycles. The van der Waals surface area contributed by atoms with Crippen molar-refractivity contribution in [2.75, 3.05) is 0 Å². The van der Waals surface area contributed by atoms with Gasteiger partial charge in [-0.2, -0.15) is 10.5 Å². The minimum Gasteiger partial charge on any atom is -0.309 e. The first-order valence-corrected chi connectivity index (χ1v) is 23.3. The summed E-state index contributed by atoms with van der Waals surface area (Å²) in [6.45, 7) is 0. The molecular weight excluding hydrogens is 867 g/mol. The van der Waals surface area contributed by atoms with Gasteiger partial charge in [0.05, 0.1) is 62.8 Å². The second-order valence-electron chi connectivity index (χ2n) is 17.3. The quantitative estimate of drug-likeness (QED) is 0.143. The van der Waals surface area contributed by atoms with Crippen LogP contribution in [0, 0.1) is 22.7 Å². The number of nitriles is 2. The highest BCUT2D eigenvalue weighted by atomic mass is 15.0. The number of rotatable bonds is 9. The Morgan fingerprint density at radius 2 is 0.676 bits per heavy atom. The molecular formula is C64H39N7. The first-order chi connectivity index (χ1) is 35.1. The number of hydrogen-bond acceptors (Lipinski definition) is 6. The average Bonchev–Trinajstić information content (AvgIpc) is 3.78. The highest BCUT2D eigenvalue weighted by molar-refractivity contribution is 6.12. The first kappa shape index (κ1) is 42.3. The maximum atomic E-state index is 9.90. The first-order valence-electron chi connectivity index (χ1n) is 23.3. The average molecular weight is 906 g/mol. The minimum atomic E-state index is 0.570. The molecule has 0 aliphatic rings. The molecule has 0 spiro atoms. The molecule has 0 atom stereocenters. The van der Waals surface area contributed by atoms with E-state index in [4.69, 9.17) is 19.9 Å². The Hall–Kier alpha value is -10.1. The van der Waals surface area contributed by atoms with E-state index in [2.05, 4.69) is 120 Å². The zero-order chi connectivity index (χ0) is 47.7. The minimum absolute atomic E-state index is 0.570. The van der Waals surface area contributed by atoms with Crippen LogP contribution in [0.3, 0.4) is 0 Å². The largest absolute Gasteiger partial charge is 0.309 e. The molecule has 0 aliphatic carbocycles. The van der Waals surface area contributed by atoms with Gasteiger partial charge >= 0.3 is 0 Å². The van der Waals surface area contributed by atoms with Crippen LogP contribution < -0.4 is 0 Å². The summed E-state index contributed by atoms with van der Waals surface area (Å²) in [5, 5.41) is 21.9. The molecule has 0 unspecified atom stereocenters. The maximum Gasteiger partial charge on any atom is 0.160 e. The number of fused-ring (bicyclic) bond motifs is 3. The van der Waals surface area contributed by atoms with Crippen LogP contribution in [0.1, 0.15) is 11.1 Å². The van der Waals surface area contributed by atoms with Gasteiger partial charge in [-0.25, -0.2) is 19.9 Å². The highest BCUT2D eigenvalue weighted by Crippen LogP contribution is 2.42. The maximum absolute atomic E-state index is 9.90. The zero-order valence-electron chi connectivity index (χ0n) is 38.1. The van der Waals surface area contributed by atoms with Crippen molar-refractivity contribution in [2.24, 2.45) is 0 Å². The van der Waals surface area contributed by atoms with Gasteiger partial charge in [-0.05, 0) is 89.0 Å². The third-order valence-corrected chi connectivity index (χ3v) is 12.9. The normalized spacial score (nSPS) is 11.1. The van der Waals surface area contributed by atoms with E-state index in [1.165, 1.54) is 0 Å². The summed E-state index contributed by atoms with van der Waals surface area (Å²) in [6, 6.07) is 84.4. The van der Waals surface area contributed by atoms with Crippen LogP contribution in [0.15, 0.2) is 237 Å². The van der Waals surface area contributed by atoms with E-state index >= 15 is 0 Å². The van der Waals surface area contributed by atoms with Crippen molar-refractivity contribution in [3.63, 3.8) is 0 Å². The number of benzene rings is 9. The van der Waals surface area contributed by atoms with Gasteiger partial charge in [0.15, 0.2) is 11.6 Å². The van der Waals surface area contributed by atoms with Crippen molar-refractivity contribution in [2.45, 2.75) is 0 Å². The molecule has 0 aliphatic heterocycles. The van der Waals surface area contributed by atoms with Crippen LogP contribution in [-0.2, 0) is 0 Å². The third-order valence-electron chi connectivity index (χ3n) is 12.9. The Morgan fingerprint density at radius 1 is 0.296 bits per heavy atom. The van der Waals surface area contributed by atoms with Gasteiger partial charge in [0.1, 0.15) is 0 Å². The predicted octanol–water partition coefficient (Wildman–Crippen LogP) is 15.4. The van der Waals surface area contributed by atoms with Gasteiger partial charge in [0.25, 0.3) is 0 Å². The van der Waals surface area contributed by atoms with Crippen LogP contribution in [0.5, 0.6) is 0 Å². The standard InChI is InChI=1S/C64H39N7/c65-40-42-15-13-25-48(33-42)50-27-30-53-54-31-28-51(49-26-14-16-43(34-49)41-66)37-62(54)71(61(53)36-50)60-32-29-52(64-68-56(44-17-5-1-6-18-44)38-57(69-64)45-19-7-2-8-20-45)35-55(60)59-39-58(46-21-9-3-10-22-46)67-63(70-59)47-23-11-4-12-24-47/h1-39H. The fourth-order valence-electron chi connectivity index (χ4n) is 9.40. The topological polar surface area (TPSA) is 104 Å². The lowest BCUT2D eigenvalue weighted by Crippen LogP contribution is -2.02.